The first-order valence-electron chi connectivity index (χ1n) is 7.02. The van der Waals surface area contributed by atoms with Gasteiger partial charge in [-0.2, -0.15) is 0 Å². The van der Waals surface area contributed by atoms with Gasteiger partial charge in [0.2, 0.25) is 0 Å². The van der Waals surface area contributed by atoms with Crippen LogP contribution in [-0.2, 0) is 4.74 Å². The molecule has 106 valence electrons. The van der Waals surface area contributed by atoms with Crippen LogP contribution in [0, 0.1) is 0 Å². The maximum atomic E-state index is 6.69. The molecule has 1 aliphatic carbocycles. The molecule has 1 atom stereocenters. The highest BCUT2D eigenvalue weighted by atomic mass is 35.5. The summed E-state index contributed by atoms with van der Waals surface area (Å²) in [7, 11) is 1.79. The predicted molar refractivity (Wildman–Crippen MR) is 85.8 cm³/mol. The summed E-state index contributed by atoms with van der Waals surface area (Å²) in [4.78, 5) is 0. The van der Waals surface area contributed by atoms with Gasteiger partial charge in [-0.15, -0.1) is 11.6 Å². The highest BCUT2D eigenvalue weighted by Gasteiger charge is 2.39. The second-order valence-electron chi connectivity index (χ2n) is 5.59. The van der Waals surface area contributed by atoms with Crippen molar-refractivity contribution in [1.82, 2.24) is 0 Å². The highest BCUT2D eigenvalue weighted by molar-refractivity contribution is 6.35. The van der Waals surface area contributed by atoms with Crippen molar-refractivity contribution in [3.05, 3.63) is 47.0 Å². The Morgan fingerprint density at radius 3 is 2.45 bits per heavy atom. The maximum absolute atomic E-state index is 6.69. The van der Waals surface area contributed by atoms with Gasteiger partial charge in [0, 0.05) is 17.5 Å². The zero-order chi connectivity index (χ0) is 14.2. The summed E-state index contributed by atoms with van der Waals surface area (Å²) in [5.41, 5.74) is 1.13. The molecule has 3 heteroatoms. The summed E-state index contributed by atoms with van der Waals surface area (Å²) in [5.74, 6) is 0. The van der Waals surface area contributed by atoms with Crippen LogP contribution in [-0.4, -0.2) is 12.7 Å². The molecule has 2 aromatic carbocycles. The molecule has 1 aliphatic rings. The van der Waals surface area contributed by atoms with E-state index in [0.29, 0.717) is 0 Å². The molecule has 1 fully saturated rings. The molecule has 0 radical (unpaired) electrons. The van der Waals surface area contributed by atoms with Crippen LogP contribution in [0.25, 0.3) is 10.8 Å². The van der Waals surface area contributed by atoms with E-state index in [1.807, 2.05) is 30.3 Å². The van der Waals surface area contributed by atoms with E-state index >= 15 is 0 Å². The molecule has 0 aliphatic heterocycles. The number of fused-ring (bicyclic) bond motifs is 1. The van der Waals surface area contributed by atoms with Crippen LogP contribution >= 0.6 is 23.2 Å². The summed E-state index contributed by atoms with van der Waals surface area (Å²) in [6.07, 6.45) is 4.31. The van der Waals surface area contributed by atoms with Gasteiger partial charge in [0.15, 0.2) is 0 Å². The smallest absolute Gasteiger partial charge is 0.0696 e. The van der Waals surface area contributed by atoms with E-state index in [0.717, 1.165) is 40.6 Å². The summed E-state index contributed by atoms with van der Waals surface area (Å²) in [6, 6.07) is 12.1. The van der Waals surface area contributed by atoms with Gasteiger partial charge >= 0.3 is 0 Å². The Morgan fingerprint density at radius 2 is 1.85 bits per heavy atom. The quantitative estimate of drug-likeness (QED) is 0.655. The minimum absolute atomic E-state index is 0.0207. The summed E-state index contributed by atoms with van der Waals surface area (Å²) < 4.78 is 5.69. The lowest BCUT2D eigenvalue weighted by Gasteiger charge is -2.42. The van der Waals surface area contributed by atoms with Crippen molar-refractivity contribution in [3.63, 3.8) is 0 Å². The lowest BCUT2D eigenvalue weighted by atomic mass is 9.76. The molecule has 1 nitrogen and oxygen atoms in total. The van der Waals surface area contributed by atoms with Gasteiger partial charge in [-0.25, -0.2) is 0 Å². The van der Waals surface area contributed by atoms with E-state index in [2.05, 4.69) is 6.07 Å². The zero-order valence-corrected chi connectivity index (χ0v) is 13.0. The normalized spacial score (nSPS) is 18.8. The predicted octanol–water partition coefficient (Wildman–Crippen LogP) is 5.73. The Morgan fingerprint density at radius 1 is 1.15 bits per heavy atom. The fraction of sp³-hybridized carbons (Fsp3) is 0.412. The monoisotopic (exact) mass is 308 g/mol. The fourth-order valence-electron chi connectivity index (χ4n) is 3.06. The largest absolute Gasteiger partial charge is 0.378 e. The minimum atomic E-state index is -0.0441. The Labute approximate surface area is 129 Å². The van der Waals surface area contributed by atoms with Crippen LogP contribution in [0.2, 0.25) is 5.02 Å². The van der Waals surface area contributed by atoms with E-state index in [-0.39, 0.29) is 11.0 Å². The molecule has 0 aromatic heterocycles. The Kier molecular flexibility index (Phi) is 3.94. The van der Waals surface area contributed by atoms with Crippen molar-refractivity contribution in [2.45, 2.75) is 36.7 Å². The standard InChI is InChI=1S/C17H18Cl2O/c1-20-17(9-4-10-17)11-16(19)14-7-8-15(18)13-6-3-2-5-12(13)14/h2-3,5-8,16H,4,9-11H2,1H3. The second kappa shape index (κ2) is 5.55. The molecule has 0 amide bonds. The van der Waals surface area contributed by atoms with Gasteiger partial charge in [-0.05, 0) is 42.7 Å². The van der Waals surface area contributed by atoms with Gasteiger partial charge in [0.25, 0.3) is 0 Å². The van der Waals surface area contributed by atoms with E-state index < -0.39 is 0 Å². The van der Waals surface area contributed by atoms with Crippen molar-refractivity contribution >= 4 is 34.0 Å². The minimum Gasteiger partial charge on any atom is -0.378 e. The van der Waals surface area contributed by atoms with Crippen LogP contribution in [0.4, 0.5) is 0 Å². The number of rotatable bonds is 4. The molecule has 0 saturated heterocycles. The van der Waals surface area contributed by atoms with Crippen LogP contribution in [0.5, 0.6) is 0 Å². The molecule has 0 heterocycles. The molecule has 0 spiro atoms. The molecule has 3 rings (SSSR count). The lowest BCUT2D eigenvalue weighted by molar-refractivity contribution is -0.0779. The first-order chi connectivity index (χ1) is 9.65. The third kappa shape index (κ3) is 2.43. The van der Waals surface area contributed by atoms with Crippen LogP contribution < -0.4 is 0 Å². The molecule has 1 saturated carbocycles. The van der Waals surface area contributed by atoms with Crippen molar-refractivity contribution in [3.8, 4) is 0 Å². The Hall–Kier alpha value is -0.760. The van der Waals surface area contributed by atoms with Gasteiger partial charge in [-0.1, -0.05) is 41.9 Å². The molecule has 20 heavy (non-hydrogen) atoms. The lowest BCUT2D eigenvalue weighted by Crippen LogP contribution is -2.39. The molecule has 2 aromatic rings. The van der Waals surface area contributed by atoms with Gasteiger partial charge in [-0.3, -0.25) is 0 Å². The summed E-state index contributed by atoms with van der Waals surface area (Å²) in [6.45, 7) is 0. The third-order valence-electron chi connectivity index (χ3n) is 4.49. The van der Waals surface area contributed by atoms with Crippen molar-refractivity contribution in [2.75, 3.05) is 7.11 Å². The molecular formula is C17H18Cl2O. The van der Waals surface area contributed by atoms with Crippen LogP contribution in [0.1, 0.15) is 36.6 Å². The average Bonchev–Trinajstić information content (AvgIpc) is 2.43. The van der Waals surface area contributed by atoms with Crippen LogP contribution in [0.15, 0.2) is 36.4 Å². The first kappa shape index (κ1) is 14.2. The number of alkyl halides is 1. The van der Waals surface area contributed by atoms with E-state index in [1.54, 1.807) is 7.11 Å². The van der Waals surface area contributed by atoms with E-state index in [1.165, 1.54) is 6.42 Å². The second-order valence-corrected chi connectivity index (χ2v) is 6.53. The summed E-state index contributed by atoms with van der Waals surface area (Å²) >= 11 is 13.0. The van der Waals surface area contributed by atoms with Gasteiger partial charge in [0.1, 0.15) is 0 Å². The molecule has 0 N–H and O–H groups in total. The van der Waals surface area contributed by atoms with E-state index in [4.69, 9.17) is 27.9 Å². The van der Waals surface area contributed by atoms with Crippen molar-refractivity contribution < 1.29 is 4.74 Å². The van der Waals surface area contributed by atoms with Crippen LogP contribution in [0.3, 0.4) is 0 Å². The number of hydrogen-bond donors (Lipinski definition) is 0. The highest BCUT2D eigenvalue weighted by Crippen LogP contribution is 2.45. The number of benzene rings is 2. The number of hydrogen-bond acceptors (Lipinski definition) is 1. The van der Waals surface area contributed by atoms with Crippen molar-refractivity contribution in [2.24, 2.45) is 0 Å². The SMILES string of the molecule is COC1(CC(Cl)c2ccc(Cl)c3ccccc23)CCC1. The third-order valence-corrected chi connectivity index (χ3v) is 5.21. The average molecular weight is 309 g/mol. The van der Waals surface area contributed by atoms with Crippen molar-refractivity contribution in [1.29, 1.82) is 0 Å². The van der Waals surface area contributed by atoms with Gasteiger partial charge in [0.05, 0.1) is 11.0 Å². The Balaban J connectivity index is 1.95. The molecule has 1 unspecified atom stereocenters. The molecule has 0 bridgehead atoms. The summed E-state index contributed by atoms with van der Waals surface area (Å²) in [5, 5.41) is 2.94. The zero-order valence-electron chi connectivity index (χ0n) is 11.5. The fourth-order valence-corrected chi connectivity index (χ4v) is 3.76. The van der Waals surface area contributed by atoms with Gasteiger partial charge < -0.3 is 4.74 Å². The number of methoxy groups -OCH3 is 1. The first-order valence-corrected chi connectivity index (χ1v) is 7.83. The maximum Gasteiger partial charge on any atom is 0.0696 e. The topological polar surface area (TPSA) is 9.23 Å². The number of halogens is 2. The Bertz CT molecular complexity index is 614. The number of ether oxygens (including phenoxy) is 1. The van der Waals surface area contributed by atoms with E-state index in [9.17, 15) is 0 Å². The molecular weight excluding hydrogens is 291 g/mol.